The predicted octanol–water partition coefficient (Wildman–Crippen LogP) is 2.97. The number of carbonyl (C=O) groups excluding carboxylic acids is 1. The van der Waals surface area contributed by atoms with Crippen molar-refractivity contribution in [2.45, 2.75) is 153 Å². The standard InChI is InChI=1S/C31H48BrNO11/c1-16(8-5-6-11-28(38)33-21-10-7-9-20(32)12-21)39-31-27(44-30-25(37)14-23(35)18(3)41-30)15-26(19(4)42-31)43-29-24(36)13-22(34)17(2)40-29/h7,9-10,12,16-19,22-27,29-31,34-37H,5-6,8,11,13-15H2,1-4H3,(H,33,38)/t16-,17+,18+,19+,22-,23-,24-,25-,26-,27-,29+,30+,31-/m1/s1. The molecule has 3 fully saturated rings. The quantitative estimate of drug-likeness (QED) is 0.205. The van der Waals surface area contributed by atoms with Crippen LogP contribution in [0.4, 0.5) is 5.69 Å². The summed E-state index contributed by atoms with van der Waals surface area (Å²) in [6.07, 6.45) is -6.37. The van der Waals surface area contributed by atoms with E-state index in [-0.39, 0.29) is 24.9 Å². The Morgan fingerprint density at radius 3 is 2.07 bits per heavy atom. The van der Waals surface area contributed by atoms with E-state index in [9.17, 15) is 25.2 Å². The molecular weight excluding hydrogens is 642 g/mol. The van der Waals surface area contributed by atoms with Crippen LogP contribution in [0.15, 0.2) is 28.7 Å². The number of nitrogens with one attached hydrogen (secondary N) is 1. The Bertz CT molecular complexity index is 1050. The first-order chi connectivity index (χ1) is 20.9. The van der Waals surface area contributed by atoms with Crippen LogP contribution in [0, 0.1) is 0 Å². The maximum atomic E-state index is 12.4. The number of hydrogen-bond acceptors (Lipinski definition) is 11. The zero-order valence-corrected chi connectivity index (χ0v) is 27.4. The second kappa shape index (κ2) is 16.6. The van der Waals surface area contributed by atoms with Crippen molar-refractivity contribution in [3.8, 4) is 0 Å². The lowest BCUT2D eigenvalue weighted by atomic mass is 10.0. The van der Waals surface area contributed by atoms with Crippen LogP contribution in [-0.4, -0.2) is 106 Å². The van der Waals surface area contributed by atoms with Gasteiger partial charge in [0.25, 0.3) is 0 Å². The van der Waals surface area contributed by atoms with Crippen LogP contribution in [0.2, 0.25) is 0 Å². The van der Waals surface area contributed by atoms with Crippen LogP contribution < -0.4 is 5.32 Å². The average Bonchev–Trinajstić information content (AvgIpc) is 2.95. The van der Waals surface area contributed by atoms with Gasteiger partial charge in [-0.1, -0.05) is 28.4 Å². The monoisotopic (exact) mass is 689 g/mol. The maximum Gasteiger partial charge on any atom is 0.224 e. The number of carbonyl (C=O) groups is 1. The molecule has 0 bridgehead atoms. The van der Waals surface area contributed by atoms with Crippen molar-refractivity contribution in [2.75, 3.05) is 5.32 Å². The van der Waals surface area contributed by atoms with E-state index in [2.05, 4.69) is 21.2 Å². The number of ether oxygens (including phenoxy) is 6. The molecule has 12 nitrogen and oxygen atoms in total. The van der Waals surface area contributed by atoms with E-state index in [0.717, 1.165) is 16.6 Å². The summed E-state index contributed by atoms with van der Waals surface area (Å²) in [4.78, 5) is 12.4. The van der Waals surface area contributed by atoms with Crippen LogP contribution in [-0.2, 0) is 33.2 Å². The van der Waals surface area contributed by atoms with E-state index in [0.29, 0.717) is 25.7 Å². The molecule has 4 rings (SSSR count). The molecule has 44 heavy (non-hydrogen) atoms. The van der Waals surface area contributed by atoms with Crippen molar-refractivity contribution in [3.05, 3.63) is 28.7 Å². The Hall–Kier alpha value is -1.23. The van der Waals surface area contributed by atoms with Gasteiger partial charge in [0, 0.05) is 35.8 Å². The van der Waals surface area contributed by atoms with E-state index < -0.39 is 73.8 Å². The lowest BCUT2D eigenvalue weighted by molar-refractivity contribution is -0.354. The minimum absolute atomic E-state index is 0.0537. The number of halogens is 1. The highest BCUT2D eigenvalue weighted by atomic mass is 79.9. The van der Waals surface area contributed by atoms with Crippen LogP contribution in [0.3, 0.4) is 0 Å². The van der Waals surface area contributed by atoms with Crippen molar-refractivity contribution in [2.24, 2.45) is 0 Å². The van der Waals surface area contributed by atoms with Gasteiger partial charge < -0.3 is 54.2 Å². The Balaban J connectivity index is 1.32. The van der Waals surface area contributed by atoms with E-state index >= 15 is 0 Å². The molecule has 0 aromatic heterocycles. The van der Waals surface area contributed by atoms with Crippen LogP contribution in [0.5, 0.6) is 0 Å². The Morgan fingerprint density at radius 2 is 1.45 bits per heavy atom. The van der Waals surface area contributed by atoms with Crippen LogP contribution in [0.25, 0.3) is 0 Å². The molecule has 0 unspecified atom stereocenters. The highest BCUT2D eigenvalue weighted by Gasteiger charge is 2.45. The van der Waals surface area contributed by atoms with Crippen molar-refractivity contribution in [1.82, 2.24) is 0 Å². The van der Waals surface area contributed by atoms with Gasteiger partial charge in [-0.05, 0) is 58.7 Å². The van der Waals surface area contributed by atoms with Gasteiger partial charge in [0.1, 0.15) is 18.3 Å². The fourth-order valence-corrected chi connectivity index (χ4v) is 6.00. The zero-order valence-electron chi connectivity index (χ0n) is 25.8. The minimum Gasteiger partial charge on any atom is -0.390 e. The van der Waals surface area contributed by atoms with Gasteiger partial charge in [-0.25, -0.2) is 0 Å². The molecule has 13 atom stereocenters. The molecular formula is C31H48BrNO11. The summed E-state index contributed by atoms with van der Waals surface area (Å²) in [6.45, 7) is 7.20. The number of amides is 1. The zero-order chi connectivity index (χ0) is 32.0. The van der Waals surface area contributed by atoms with Gasteiger partial charge >= 0.3 is 0 Å². The first-order valence-electron chi connectivity index (χ1n) is 15.6. The molecule has 1 aromatic carbocycles. The Labute approximate surface area is 267 Å². The summed E-state index contributed by atoms with van der Waals surface area (Å²) in [6, 6.07) is 7.45. The Kier molecular flexibility index (Phi) is 13.4. The highest BCUT2D eigenvalue weighted by Crippen LogP contribution is 2.33. The van der Waals surface area contributed by atoms with E-state index in [1.165, 1.54) is 0 Å². The van der Waals surface area contributed by atoms with Gasteiger partial charge in [0.2, 0.25) is 5.91 Å². The lowest BCUT2D eigenvalue weighted by Crippen LogP contribution is -2.56. The van der Waals surface area contributed by atoms with E-state index in [1.807, 2.05) is 38.1 Å². The molecule has 0 radical (unpaired) electrons. The third-order valence-corrected chi connectivity index (χ3v) is 8.87. The molecule has 250 valence electrons. The molecule has 3 heterocycles. The van der Waals surface area contributed by atoms with Crippen molar-refractivity contribution in [3.63, 3.8) is 0 Å². The second-order valence-corrected chi connectivity index (χ2v) is 13.1. The first-order valence-corrected chi connectivity index (χ1v) is 16.4. The van der Waals surface area contributed by atoms with E-state index in [4.69, 9.17) is 28.4 Å². The molecule has 3 saturated heterocycles. The molecule has 3 aliphatic heterocycles. The van der Waals surface area contributed by atoms with E-state index in [1.54, 1.807) is 13.8 Å². The molecule has 0 saturated carbocycles. The molecule has 0 aliphatic carbocycles. The third kappa shape index (κ3) is 10.1. The average molecular weight is 691 g/mol. The Morgan fingerprint density at radius 1 is 0.864 bits per heavy atom. The molecule has 13 heteroatoms. The number of aliphatic hydroxyl groups excluding tert-OH is 4. The van der Waals surface area contributed by atoms with Crippen LogP contribution in [0.1, 0.15) is 72.6 Å². The van der Waals surface area contributed by atoms with Gasteiger partial charge in [0.05, 0.1) is 42.7 Å². The topological polar surface area (TPSA) is 165 Å². The number of hydrogen-bond donors (Lipinski definition) is 5. The summed E-state index contributed by atoms with van der Waals surface area (Å²) in [5, 5.41) is 44.1. The van der Waals surface area contributed by atoms with Crippen LogP contribution >= 0.6 is 15.9 Å². The SMILES string of the molecule is C[C@H](CCCCC(=O)Nc1cccc(Br)c1)O[C@@H]1O[C@@H](C)[C@H](O[C@@H]2O[C@@H](C)[C@H](O)C[C@H]2O)C[C@H]1O[C@@H]1O[C@@H](C)[C@H](O)C[C@H]1O. The van der Waals surface area contributed by atoms with Gasteiger partial charge in [-0.3, -0.25) is 4.79 Å². The van der Waals surface area contributed by atoms with Gasteiger partial charge in [-0.15, -0.1) is 0 Å². The fraction of sp³-hybridized carbons (Fsp3) is 0.774. The third-order valence-electron chi connectivity index (χ3n) is 8.37. The predicted molar refractivity (Wildman–Crippen MR) is 162 cm³/mol. The largest absolute Gasteiger partial charge is 0.390 e. The molecule has 1 amide bonds. The second-order valence-electron chi connectivity index (χ2n) is 12.2. The number of anilines is 1. The summed E-state index contributed by atoms with van der Waals surface area (Å²) in [5.41, 5.74) is 0.741. The number of rotatable bonds is 12. The van der Waals surface area contributed by atoms with Gasteiger partial charge in [0.15, 0.2) is 18.9 Å². The lowest BCUT2D eigenvalue weighted by Gasteiger charge is -2.45. The normalized spacial score (nSPS) is 38.7. The van der Waals surface area contributed by atoms with Gasteiger partial charge in [-0.2, -0.15) is 0 Å². The number of aliphatic hydroxyl groups is 4. The maximum absolute atomic E-state index is 12.4. The smallest absolute Gasteiger partial charge is 0.224 e. The molecule has 1 aromatic rings. The first kappa shape index (κ1) is 35.6. The van der Waals surface area contributed by atoms with Crippen molar-refractivity contribution < 1.29 is 53.6 Å². The molecule has 0 spiro atoms. The summed E-state index contributed by atoms with van der Waals surface area (Å²) in [5.74, 6) is -0.0537. The number of unbranched alkanes of at least 4 members (excludes halogenated alkanes) is 1. The van der Waals surface area contributed by atoms with Crippen molar-refractivity contribution in [1.29, 1.82) is 0 Å². The summed E-state index contributed by atoms with van der Waals surface area (Å²) >= 11 is 3.40. The van der Waals surface area contributed by atoms with Crippen molar-refractivity contribution >= 4 is 27.5 Å². The fourth-order valence-electron chi connectivity index (χ4n) is 5.60. The molecule has 3 aliphatic rings. The summed E-state index contributed by atoms with van der Waals surface area (Å²) < 4.78 is 37.3. The number of benzene rings is 1. The minimum atomic E-state index is -1.05. The highest BCUT2D eigenvalue weighted by molar-refractivity contribution is 9.10. The summed E-state index contributed by atoms with van der Waals surface area (Å²) in [7, 11) is 0. The molecule has 5 N–H and O–H groups in total.